The van der Waals surface area contributed by atoms with E-state index in [4.69, 9.17) is 23.2 Å². The average molecular weight is 551 g/mol. The third kappa shape index (κ3) is 4.66. The molecule has 0 aliphatic heterocycles. The molecule has 0 saturated heterocycles. The largest absolute Gasteiger partial charge is 0.333 e. The molecule has 1 unspecified atom stereocenters. The summed E-state index contributed by atoms with van der Waals surface area (Å²) in [7, 11) is 0. The van der Waals surface area contributed by atoms with Crippen LogP contribution in [0, 0.1) is 17.8 Å². The summed E-state index contributed by atoms with van der Waals surface area (Å²) in [5.41, 5.74) is 9.86. The van der Waals surface area contributed by atoms with Crippen molar-refractivity contribution in [1.82, 2.24) is 0 Å². The van der Waals surface area contributed by atoms with E-state index < -0.39 is 0 Å². The molecule has 3 aliphatic carbocycles. The lowest BCUT2D eigenvalue weighted by atomic mass is 9.59. The Morgan fingerprint density at radius 2 is 1.29 bits per heavy atom. The number of allylic oxidation sites excluding steroid dienone is 2. The maximum atomic E-state index is 7.08. The monoisotopic (exact) mass is 549 g/mol. The summed E-state index contributed by atoms with van der Waals surface area (Å²) >= 11 is 13.7. The highest BCUT2D eigenvalue weighted by Crippen LogP contribution is 2.55. The predicted octanol–water partition coefficient (Wildman–Crippen LogP) is 11.3. The van der Waals surface area contributed by atoms with Crippen LogP contribution in [0.25, 0.3) is 0 Å². The Kier molecular flexibility index (Phi) is 6.72. The van der Waals surface area contributed by atoms with Crippen LogP contribution < -0.4 is 4.90 Å². The first-order valence-corrected chi connectivity index (χ1v) is 15.1. The van der Waals surface area contributed by atoms with E-state index in [9.17, 15) is 0 Å². The fraction of sp³-hybridized carbons (Fsp3) is 0.543. The second-order valence-electron chi connectivity index (χ2n) is 14.7. The zero-order chi connectivity index (χ0) is 27.8. The number of rotatable bonds is 3. The third-order valence-electron chi connectivity index (χ3n) is 9.95. The minimum atomic E-state index is 0.133. The molecule has 1 saturated carbocycles. The fourth-order valence-electron chi connectivity index (χ4n) is 7.12. The summed E-state index contributed by atoms with van der Waals surface area (Å²) in [4.78, 5) is 2.47. The van der Waals surface area contributed by atoms with Gasteiger partial charge >= 0.3 is 0 Å². The molecule has 0 heterocycles. The molecule has 3 heteroatoms. The fourth-order valence-corrected chi connectivity index (χ4v) is 7.59. The zero-order valence-electron chi connectivity index (χ0n) is 24.9. The van der Waals surface area contributed by atoms with Gasteiger partial charge in [-0.15, -0.1) is 0 Å². The molecular weight excluding hydrogens is 505 g/mol. The van der Waals surface area contributed by atoms with Gasteiger partial charge in [0, 0.05) is 10.7 Å². The summed E-state index contributed by atoms with van der Waals surface area (Å²) < 4.78 is 0. The normalized spacial score (nSPS) is 24.6. The second-order valence-corrected chi connectivity index (χ2v) is 15.5. The van der Waals surface area contributed by atoms with Crippen molar-refractivity contribution in [2.24, 2.45) is 10.8 Å². The summed E-state index contributed by atoms with van der Waals surface area (Å²) in [6, 6.07) is 11.3. The average Bonchev–Trinajstić information content (AvgIpc) is 2.83. The Labute approximate surface area is 241 Å². The van der Waals surface area contributed by atoms with Crippen LogP contribution in [-0.4, -0.2) is 6.04 Å². The lowest BCUT2D eigenvalue weighted by molar-refractivity contribution is 0.256. The number of benzene rings is 2. The lowest BCUT2D eigenvalue weighted by Crippen LogP contribution is -2.39. The van der Waals surface area contributed by atoms with Crippen LogP contribution in [0.1, 0.15) is 104 Å². The van der Waals surface area contributed by atoms with Gasteiger partial charge in [-0.25, -0.2) is 0 Å². The number of nitrogens with zero attached hydrogens (tertiary/aromatic N) is 1. The third-order valence-corrected chi connectivity index (χ3v) is 10.7. The van der Waals surface area contributed by atoms with E-state index in [-0.39, 0.29) is 27.7 Å². The summed E-state index contributed by atoms with van der Waals surface area (Å²) in [5, 5.41) is 1.51. The first-order chi connectivity index (χ1) is 17.5. The maximum Gasteiger partial charge on any atom is 0.0673 e. The number of aryl methyl sites for hydroxylation is 1. The molecule has 1 nitrogen and oxygen atoms in total. The van der Waals surface area contributed by atoms with Gasteiger partial charge < -0.3 is 4.90 Å². The Hall–Kier alpha value is -1.70. The summed E-state index contributed by atoms with van der Waals surface area (Å²) in [5.74, 6) is 0. The molecular formula is C35H45Cl2N. The molecule has 0 radical (unpaired) electrons. The summed E-state index contributed by atoms with van der Waals surface area (Å²) in [6.07, 6.45) is 10.9. The van der Waals surface area contributed by atoms with E-state index in [2.05, 4.69) is 104 Å². The highest BCUT2D eigenvalue weighted by Gasteiger charge is 2.42. The highest BCUT2D eigenvalue weighted by molar-refractivity contribution is 6.36. The lowest BCUT2D eigenvalue weighted by Gasteiger charge is -2.48. The van der Waals surface area contributed by atoms with Gasteiger partial charge in [-0.3, -0.25) is 0 Å². The van der Waals surface area contributed by atoms with Crippen LogP contribution in [-0.2, 0) is 10.8 Å². The van der Waals surface area contributed by atoms with Crippen LogP contribution in [0.2, 0.25) is 10.0 Å². The number of fused-ring (bicyclic) bond motifs is 2. The van der Waals surface area contributed by atoms with Crippen molar-refractivity contribution in [2.45, 2.75) is 111 Å². The topological polar surface area (TPSA) is 3.24 Å². The predicted molar refractivity (Wildman–Crippen MR) is 166 cm³/mol. The first kappa shape index (κ1) is 27.9. The van der Waals surface area contributed by atoms with E-state index in [0.717, 1.165) is 27.7 Å². The van der Waals surface area contributed by atoms with Gasteiger partial charge in [0.1, 0.15) is 0 Å². The van der Waals surface area contributed by atoms with Crippen molar-refractivity contribution in [2.75, 3.05) is 4.90 Å². The van der Waals surface area contributed by atoms with Crippen molar-refractivity contribution in [3.8, 4) is 0 Å². The Balaban J connectivity index is 1.71. The van der Waals surface area contributed by atoms with Crippen molar-refractivity contribution in [3.05, 3.63) is 80.4 Å². The molecule has 38 heavy (non-hydrogen) atoms. The SMILES string of the molecule is Cc1cc(Cl)cc(N(c2ccc3c(c2)C(C)(C)CCC3(C)C)C2C=C3C(=CC2)C(C)(C)CCC3(C)C)c1Cl. The van der Waals surface area contributed by atoms with Gasteiger partial charge in [0.15, 0.2) is 0 Å². The van der Waals surface area contributed by atoms with Gasteiger partial charge in [-0.1, -0.05) is 96.8 Å². The van der Waals surface area contributed by atoms with Crippen LogP contribution in [0.15, 0.2) is 53.6 Å². The molecule has 0 amide bonds. The van der Waals surface area contributed by atoms with E-state index in [1.807, 2.05) is 6.07 Å². The van der Waals surface area contributed by atoms with Gasteiger partial charge in [-0.05, 0) is 113 Å². The van der Waals surface area contributed by atoms with Gasteiger partial charge in [0.05, 0.1) is 16.8 Å². The van der Waals surface area contributed by atoms with E-state index in [1.165, 1.54) is 53.6 Å². The van der Waals surface area contributed by atoms with E-state index in [1.54, 1.807) is 0 Å². The zero-order valence-corrected chi connectivity index (χ0v) is 26.4. The molecule has 0 bridgehead atoms. The van der Waals surface area contributed by atoms with E-state index in [0.29, 0.717) is 0 Å². The number of halogens is 2. The number of hydrogen-bond donors (Lipinski definition) is 0. The van der Waals surface area contributed by atoms with Crippen LogP contribution in [0.4, 0.5) is 11.4 Å². The highest BCUT2D eigenvalue weighted by atomic mass is 35.5. The molecule has 3 aliphatic rings. The molecule has 2 aromatic carbocycles. The number of anilines is 2. The Morgan fingerprint density at radius 1 is 0.711 bits per heavy atom. The van der Waals surface area contributed by atoms with Crippen LogP contribution >= 0.6 is 23.2 Å². The summed E-state index contributed by atoms with van der Waals surface area (Å²) in [6.45, 7) is 21.3. The molecule has 1 atom stereocenters. The van der Waals surface area contributed by atoms with Crippen molar-refractivity contribution in [3.63, 3.8) is 0 Å². The van der Waals surface area contributed by atoms with Gasteiger partial charge in [0.25, 0.3) is 0 Å². The smallest absolute Gasteiger partial charge is 0.0673 e. The molecule has 1 fully saturated rings. The second kappa shape index (κ2) is 9.17. The van der Waals surface area contributed by atoms with Crippen molar-refractivity contribution < 1.29 is 0 Å². The van der Waals surface area contributed by atoms with Gasteiger partial charge in [-0.2, -0.15) is 0 Å². The Morgan fingerprint density at radius 3 is 1.95 bits per heavy atom. The van der Waals surface area contributed by atoms with Crippen LogP contribution in [0.3, 0.4) is 0 Å². The van der Waals surface area contributed by atoms with Crippen molar-refractivity contribution in [1.29, 1.82) is 0 Å². The Bertz CT molecular complexity index is 1340. The minimum absolute atomic E-state index is 0.133. The molecule has 0 aromatic heterocycles. The van der Waals surface area contributed by atoms with Gasteiger partial charge in [0.2, 0.25) is 0 Å². The molecule has 5 rings (SSSR count). The van der Waals surface area contributed by atoms with E-state index >= 15 is 0 Å². The quantitative estimate of drug-likeness (QED) is 0.367. The van der Waals surface area contributed by atoms with Crippen molar-refractivity contribution >= 4 is 34.6 Å². The molecule has 204 valence electrons. The minimum Gasteiger partial charge on any atom is -0.333 e. The standard InChI is InChI=1S/C35H45Cl2N/c1-22-18-23(36)19-30(31(22)37)38(24-10-12-26-28(20-24)34(6,7)16-14-32(26,2)3)25-11-13-27-29(21-25)35(8,9)17-15-33(27,4)5/h10,12-13,18-21,25H,11,14-17H2,1-9H3. The molecule has 0 spiro atoms. The van der Waals surface area contributed by atoms with Crippen LogP contribution in [0.5, 0.6) is 0 Å². The molecule has 2 aromatic rings. The first-order valence-electron chi connectivity index (χ1n) is 14.4. The maximum absolute atomic E-state index is 7.08. The molecule has 0 N–H and O–H groups in total. The number of hydrogen-bond acceptors (Lipinski definition) is 1.